The molecule has 0 unspecified atom stereocenters. The maximum absolute atomic E-state index is 14.0. The number of benzene rings is 5. The Morgan fingerprint density at radius 2 is 1.20 bits per heavy atom. The molecule has 11 rings (SSSR count). The van der Waals surface area contributed by atoms with Gasteiger partial charge in [-0.25, -0.2) is 14.6 Å². The zero-order valence-electron chi connectivity index (χ0n) is 40.2. The molecule has 0 radical (unpaired) electrons. The lowest BCUT2D eigenvalue weighted by molar-refractivity contribution is 0.0887. The number of hydrogen-bond acceptors (Lipinski definition) is 7. The number of carbonyl (C=O) groups excluding carboxylic acids is 2. The molecule has 2 amide bonds. The van der Waals surface area contributed by atoms with Crippen molar-refractivity contribution in [2.45, 2.75) is 111 Å². The van der Waals surface area contributed by atoms with Crippen molar-refractivity contribution in [1.82, 2.24) is 19.8 Å². The van der Waals surface area contributed by atoms with E-state index in [4.69, 9.17) is 19.5 Å². The molecule has 1 aromatic heterocycles. The Labute approximate surface area is 404 Å². The smallest absolute Gasteiger partial charge is 0.410 e. The Balaban J connectivity index is 0.825. The Hall–Kier alpha value is -6.81. The van der Waals surface area contributed by atoms with Gasteiger partial charge in [0.25, 0.3) is 5.56 Å². The van der Waals surface area contributed by atoms with Crippen LogP contribution in [0.2, 0.25) is 0 Å². The summed E-state index contributed by atoms with van der Waals surface area (Å²) in [5, 5.41) is 0.536. The van der Waals surface area contributed by atoms with E-state index >= 15 is 0 Å². The molecule has 1 N–H and O–H groups in total. The fourth-order valence-electron chi connectivity index (χ4n) is 12.2. The van der Waals surface area contributed by atoms with Gasteiger partial charge in [-0.3, -0.25) is 19.6 Å². The molecule has 5 aliphatic rings. The number of hydrogen-bond donors (Lipinski definition) is 1. The average molecular weight is 920 g/mol. The molecule has 2 aliphatic carbocycles. The second-order valence-electron chi connectivity index (χ2n) is 22.0. The van der Waals surface area contributed by atoms with Gasteiger partial charge in [-0.05, 0) is 123 Å². The third-order valence-corrected chi connectivity index (χ3v) is 15.6. The molecule has 10 nitrogen and oxygen atoms in total. The molecular formula is C59H61N5O5. The lowest BCUT2D eigenvalue weighted by atomic mass is 9.82. The predicted molar refractivity (Wildman–Crippen MR) is 272 cm³/mol. The summed E-state index contributed by atoms with van der Waals surface area (Å²) in [6.07, 6.45) is 10.6. The first-order valence-corrected chi connectivity index (χ1v) is 24.8. The molecule has 352 valence electrons. The summed E-state index contributed by atoms with van der Waals surface area (Å²) < 4.78 is 11.6. The first kappa shape index (κ1) is 44.7. The number of aromatic amines is 1. The van der Waals surface area contributed by atoms with Gasteiger partial charge in [-0.2, -0.15) is 0 Å². The van der Waals surface area contributed by atoms with E-state index in [1.807, 2.05) is 83.9 Å². The van der Waals surface area contributed by atoms with Crippen molar-refractivity contribution >= 4 is 34.4 Å². The van der Waals surface area contributed by atoms with Gasteiger partial charge in [0.1, 0.15) is 19.0 Å². The van der Waals surface area contributed by atoms with Crippen LogP contribution < -0.4 is 5.56 Å². The normalized spacial score (nSPS) is 20.9. The first-order chi connectivity index (χ1) is 33.3. The molecule has 1 spiro atoms. The number of amides is 2. The molecule has 10 heteroatoms. The third-order valence-electron chi connectivity index (χ3n) is 15.6. The molecular weight excluding hydrogens is 859 g/mol. The average Bonchev–Trinajstić information content (AvgIpc) is 4.21. The Bertz CT molecular complexity index is 3080. The second-order valence-corrected chi connectivity index (χ2v) is 22.0. The molecule has 3 fully saturated rings. The summed E-state index contributed by atoms with van der Waals surface area (Å²) in [4.78, 5) is 57.7. The molecule has 1 saturated carbocycles. The Morgan fingerprint density at radius 1 is 0.667 bits per heavy atom. The van der Waals surface area contributed by atoms with Crippen molar-refractivity contribution in [3.8, 4) is 22.3 Å². The molecule has 0 bridgehead atoms. The second kappa shape index (κ2) is 17.6. The SMILES string of the molecule is CC1(C)C[C@@H](C2=NC=C(c3ccc(-c4ccc(-c5ccc6nc([C@@H]7CC(C)(C)CN7C(=O)OCc7ccccc7)[nH]c(=O)c6c5)c5c4CC4(CCCC4)C5)cc3)C2)N(C(=O)OCc2ccccc2)C1. The van der Waals surface area contributed by atoms with Crippen LogP contribution in [0.3, 0.4) is 0 Å². The highest BCUT2D eigenvalue weighted by molar-refractivity contribution is 6.03. The van der Waals surface area contributed by atoms with Crippen molar-refractivity contribution in [1.29, 1.82) is 0 Å². The van der Waals surface area contributed by atoms with Crippen molar-refractivity contribution in [2.24, 2.45) is 21.2 Å². The van der Waals surface area contributed by atoms with E-state index in [0.29, 0.717) is 42.7 Å². The van der Waals surface area contributed by atoms with Gasteiger partial charge in [0.05, 0.1) is 23.0 Å². The lowest BCUT2D eigenvalue weighted by Gasteiger charge is -2.24. The zero-order chi connectivity index (χ0) is 47.5. The van der Waals surface area contributed by atoms with Gasteiger partial charge >= 0.3 is 12.2 Å². The van der Waals surface area contributed by atoms with Crippen LogP contribution in [-0.4, -0.2) is 56.8 Å². The number of aromatic nitrogens is 2. The van der Waals surface area contributed by atoms with E-state index in [1.54, 1.807) is 4.90 Å². The fourth-order valence-corrected chi connectivity index (χ4v) is 12.2. The van der Waals surface area contributed by atoms with Crippen LogP contribution >= 0.6 is 0 Å². The standard InChI is InChI=1S/C59H61N5O5/c1-57(2)31-51(63(36-57)55(66)68-34-38-13-7-5-8-14-38)50-28-43(33-60-50)40-17-19-41(20-18-40)44-22-23-45(48-30-59(29-47(44)48)25-11-12-26-59)42-21-24-49-46(27-42)54(65)62-53(61-49)52-32-58(3,4)37-64(52)56(67)69-35-39-15-9-6-10-16-39/h5-10,13-24,27,33,51-52H,11-12,25-26,28-32,34-37H2,1-4H3,(H,61,62,65)/t51-,52-/m0/s1. The number of aliphatic imine (C=N–C) groups is 1. The Morgan fingerprint density at radius 3 is 1.81 bits per heavy atom. The summed E-state index contributed by atoms with van der Waals surface area (Å²) in [5.41, 5.74) is 13.1. The lowest BCUT2D eigenvalue weighted by Crippen LogP contribution is -2.40. The van der Waals surface area contributed by atoms with Crippen molar-refractivity contribution in [3.63, 3.8) is 0 Å². The minimum absolute atomic E-state index is 0.0396. The van der Waals surface area contributed by atoms with E-state index in [2.05, 4.69) is 75.1 Å². The first-order valence-electron chi connectivity index (χ1n) is 24.8. The van der Waals surface area contributed by atoms with Crippen LogP contribution in [0.5, 0.6) is 0 Å². The number of H-pyrrole nitrogens is 1. The Kier molecular flexibility index (Phi) is 11.4. The van der Waals surface area contributed by atoms with Gasteiger partial charge in [-0.15, -0.1) is 0 Å². The van der Waals surface area contributed by atoms with Crippen LogP contribution in [-0.2, 0) is 35.5 Å². The maximum Gasteiger partial charge on any atom is 0.410 e. The third kappa shape index (κ3) is 8.90. The highest BCUT2D eigenvalue weighted by atomic mass is 16.6. The van der Waals surface area contributed by atoms with Crippen LogP contribution in [0.4, 0.5) is 9.59 Å². The number of rotatable bonds is 9. The summed E-state index contributed by atoms with van der Waals surface area (Å²) in [7, 11) is 0. The number of ether oxygens (including phenoxy) is 2. The number of likely N-dealkylation sites (tertiary alicyclic amines) is 2. The summed E-state index contributed by atoms with van der Waals surface area (Å²) in [5.74, 6) is 0.486. The van der Waals surface area contributed by atoms with Crippen molar-refractivity contribution < 1.29 is 19.1 Å². The molecule has 2 saturated heterocycles. The van der Waals surface area contributed by atoms with Crippen LogP contribution in [0.15, 0.2) is 131 Å². The topological polar surface area (TPSA) is 117 Å². The summed E-state index contributed by atoms with van der Waals surface area (Å²) >= 11 is 0. The molecule has 3 aliphatic heterocycles. The summed E-state index contributed by atoms with van der Waals surface area (Å²) in [6.45, 7) is 10.2. The summed E-state index contributed by atoms with van der Waals surface area (Å²) in [6, 6.07) is 38.5. The number of allylic oxidation sites excluding steroid dienone is 1. The minimum atomic E-state index is -0.410. The number of nitrogens with one attached hydrogen (secondary N) is 1. The largest absolute Gasteiger partial charge is 0.445 e. The van der Waals surface area contributed by atoms with E-state index in [-0.39, 0.29) is 47.2 Å². The van der Waals surface area contributed by atoms with E-state index in [9.17, 15) is 14.4 Å². The van der Waals surface area contributed by atoms with Crippen molar-refractivity contribution in [2.75, 3.05) is 13.1 Å². The quantitative estimate of drug-likeness (QED) is 0.154. The van der Waals surface area contributed by atoms with E-state index in [0.717, 1.165) is 52.8 Å². The number of nitrogens with zero attached hydrogens (tertiary/aromatic N) is 4. The van der Waals surface area contributed by atoms with E-state index in [1.165, 1.54) is 53.5 Å². The predicted octanol–water partition coefficient (Wildman–Crippen LogP) is 12.6. The van der Waals surface area contributed by atoms with Crippen LogP contribution in [0, 0.1) is 16.2 Å². The van der Waals surface area contributed by atoms with Gasteiger partial charge in [0.15, 0.2) is 0 Å². The van der Waals surface area contributed by atoms with Crippen LogP contribution in [0.25, 0.3) is 38.7 Å². The minimum Gasteiger partial charge on any atom is -0.445 e. The van der Waals surface area contributed by atoms with Crippen LogP contribution in [0.1, 0.15) is 112 Å². The highest BCUT2D eigenvalue weighted by Gasteiger charge is 2.45. The molecule has 6 aromatic rings. The highest BCUT2D eigenvalue weighted by Crippen LogP contribution is 2.53. The number of fused-ring (bicyclic) bond motifs is 2. The van der Waals surface area contributed by atoms with Crippen molar-refractivity contribution in [3.05, 3.63) is 165 Å². The maximum atomic E-state index is 14.0. The fraction of sp³-hybridized carbons (Fsp3) is 0.373. The number of carbonyl (C=O) groups is 2. The molecule has 2 atom stereocenters. The molecule has 4 heterocycles. The van der Waals surface area contributed by atoms with Gasteiger partial charge in [-0.1, -0.05) is 144 Å². The van der Waals surface area contributed by atoms with Gasteiger partial charge in [0.2, 0.25) is 0 Å². The van der Waals surface area contributed by atoms with Gasteiger partial charge < -0.3 is 14.5 Å². The molecule has 69 heavy (non-hydrogen) atoms. The monoisotopic (exact) mass is 919 g/mol. The zero-order valence-corrected chi connectivity index (χ0v) is 40.2. The molecule has 5 aromatic carbocycles. The van der Waals surface area contributed by atoms with E-state index < -0.39 is 12.1 Å². The van der Waals surface area contributed by atoms with Gasteiger partial charge in [0, 0.05) is 31.4 Å².